The van der Waals surface area contributed by atoms with Crippen molar-refractivity contribution in [2.24, 2.45) is 0 Å². The number of nitrogens with zero attached hydrogens (tertiary/aromatic N) is 2. The lowest BCUT2D eigenvalue weighted by Gasteiger charge is -2.10. The van der Waals surface area contributed by atoms with Gasteiger partial charge in [0.2, 0.25) is 11.7 Å². The topological polar surface area (TPSA) is 77.2 Å². The Morgan fingerprint density at radius 2 is 2.04 bits per heavy atom. The minimum absolute atomic E-state index is 0.107. The molecule has 0 aliphatic carbocycles. The third kappa shape index (κ3) is 4.47. The average Bonchev–Trinajstić information content (AvgIpc) is 3.09. The molecule has 6 nitrogen and oxygen atoms in total. The van der Waals surface area contributed by atoms with Gasteiger partial charge in [0, 0.05) is 12.1 Å². The fraction of sp³-hybridized carbons (Fsp3) is 0.250. The van der Waals surface area contributed by atoms with Crippen molar-refractivity contribution >= 4 is 11.6 Å². The van der Waals surface area contributed by atoms with Crippen molar-refractivity contribution < 1.29 is 14.1 Å². The number of nitrogens with one attached hydrogen (secondary N) is 1. The number of hydrogen-bond acceptors (Lipinski definition) is 5. The van der Waals surface area contributed by atoms with Gasteiger partial charge in [-0.15, -0.1) is 0 Å². The van der Waals surface area contributed by atoms with Crippen LogP contribution in [0.5, 0.6) is 5.75 Å². The second-order valence-corrected chi connectivity index (χ2v) is 5.96. The van der Waals surface area contributed by atoms with Gasteiger partial charge in [-0.25, -0.2) is 0 Å². The zero-order chi connectivity index (χ0) is 18.4. The predicted octanol–water partition coefficient (Wildman–Crippen LogP) is 4.02. The fourth-order valence-electron chi connectivity index (χ4n) is 2.52. The summed E-state index contributed by atoms with van der Waals surface area (Å²) in [6.07, 6.45) is 1.66. The van der Waals surface area contributed by atoms with Crippen LogP contribution in [0.25, 0.3) is 11.4 Å². The summed E-state index contributed by atoms with van der Waals surface area (Å²) in [6, 6.07) is 14.9. The van der Waals surface area contributed by atoms with E-state index < -0.39 is 0 Å². The molecule has 0 spiro atoms. The van der Waals surface area contributed by atoms with E-state index in [1.807, 2.05) is 56.3 Å². The van der Waals surface area contributed by atoms with Crippen LogP contribution in [0.3, 0.4) is 0 Å². The first kappa shape index (κ1) is 17.7. The highest BCUT2D eigenvalue weighted by Gasteiger charge is 2.14. The van der Waals surface area contributed by atoms with Gasteiger partial charge in [0.25, 0.3) is 5.91 Å². The number of aromatic nitrogens is 2. The summed E-state index contributed by atoms with van der Waals surface area (Å²) in [5, 5.41) is 6.82. The summed E-state index contributed by atoms with van der Waals surface area (Å²) in [6.45, 7) is 3.92. The minimum Gasteiger partial charge on any atom is -0.483 e. The molecule has 1 aromatic heterocycles. The molecule has 2 aromatic carbocycles. The number of anilines is 1. The van der Waals surface area contributed by atoms with E-state index in [-0.39, 0.29) is 12.5 Å². The summed E-state index contributed by atoms with van der Waals surface area (Å²) >= 11 is 0. The largest absolute Gasteiger partial charge is 0.483 e. The van der Waals surface area contributed by atoms with Gasteiger partial charge in [-0.3, -0.25) is 4.79 Å². The van der Waals surface area contributed by atoms with Gasteiger partial charge in [-0.05, 0) is 43.2 Å². The number of hydrogen-bond donors (Lipinski definition) is 1. The molecule has 0 radical (unpaired) electrons. The Hall–Kier alpha value is -3.15. The molecule has 6 heteroatoms. The van der Waals surface area contributed by atoms with Crippen LogP contribution in [0.15, 0.2) is 53.1 Å². The summed E-state index contributed by atoms with van der Waals surface area (Å²) in [4.78, 5) is 16.5. The van der Waals surface area contributed by atoms with Crippen molar-refractivity contribution in [1.29, 1.82) is 0 Å². The molecule has 1 heterocycles. The van der Waals surface area contributed by atoms with Crippen LogP contribution in [0.4, 0.5) is 5.69 Å². The van der Waals surface area contributed by atoms with E-state index in [4.69, 9.17) is 9.26 Å². The zero-order valence-corrected chi connectivity index (χ0v) is 14.9. The molecule has 3 rings (SSSR count). The van der Waals surface area contributed by atoms with E-state index in [1.165, 1.54) is 0 Å². The Morgan fingerprint density at radius 1 is 1.19 bits per heavy atom. The lowest BCUT2D eigenvalue weighted by molar-refractivity contribution is -0.118. The molecular formula is C20H21N3O3. The van der Waals surface area contributed by atoms with Crippen LogP contribution in [0, 0.1) is 6.92 Å². The van der Waals surface area contributed by atoms with Crippen molar-refractivity contribution in [1.82, 2.24) is 10.1 Å². The van der Waals surface area contributed by atoms with Crippen molar-refractivity contribution in [3.05, 3.63) is 60.0 Å². The number of ether oxygens (including phenoxy) is 1. The van der Waals surface area contributed by atoms with Crippen molar-refractivity contribution in [3.8, 4) is 17.1 Å². The van der Waals surface area contributed by atoms with Gasteiger partial charge < -0.3 is 14.6 Å². The second kappa shape index (κ2) is 8.29. The van der Waals surface area contributed by atoms with Gasteiger partial charge in [-0.2, -0.15) is 4.98 Å². The maximum atomic E-state index is 12.1. The summed E-state index contributed by atoms with van der Waals surface area (Å²) in [7, 11) is 0. The number of carbonyl (C=O) groups excluding carboxylic acids is 1. The van der Waals surface area contributed by atoms with Gasteiger partial charge in [-0.1, -0.05) is 36.3 Å². The first-order valence-corrected chi connectivity index (χ1v) is 8.57. The minimum atomic E-state index is -0.231. The third-order valence-electron chi connectivity index (χ3n) is 3.72. The van der Waals surface area contributed by atoms with Crippen LogP contribution >= 0.6 is 0 Å². The van der Waals surface area contributed by atoms with E-state index in [2.05, 4.69) is 15.5 Å². The maximum Gasteiger partial charge on any atom is 0.262 e. The maximum absolute atomic E-state index is 12.1. The number of rotatable bonds is 7. The summed E-state index contributed by atoms with van der Waals surface area (Å²) in [5.74, 6) is 1.36. The Balaban J connectivity index is 1.67. The standard InChI is InChI=1S/C20H21N3O3/c1-3-7-19-22-20(23-26-19)16-10-4-5-11-17(16)25-13-18(24)21-15-9-6-8-14(2)12-15/h4-6,8-12H,3,7,13H2,1-2H3,(H,21,24). The van der Waals surface area contributed by atoms with Crippen LogP contribution in [-0.2, 0) is 11.2 Å². The molecule has 0 aliphatic rings. The van der Waals surface area contributed by atoms with E-state index in [0.29, 0.717) is 23.0 Å². The molecule has 0 unspecified atom stereocenters. The van der Waals surface area contributed by atoms with E-state index in [1.54, 1.807) is 6.07 Å². The van der Waals surface area contributed by atoms with Crippen LogP contribution in [0.2, 0.25) is 0 Å². The molecule has 0 saturated carbocycles. The number of para-hydroxylation sites is 1. The summed E-state index contributed by atoms with van der Waals surface area (Å²) in [5.41, 5.74) is 2.52. The molecule has 1 amide bonds. The molecule has 0 fully saturated rings. The Labute approximate surface area is 152 Å². The smallest absolute Gasteiger partial charge is 0.262 e. The van der Waals surface area contributed by atoms with E-state index in [0.717, 1.165) is 24.1 Å². The predicted molar refractivity (Wildman–Crippen MR) is 99.0 cm³/mol. The van der Waals surface area contributed by atoms with Gasteiger partial charge in [0.05, 0.1) is 5.56 Å². The molecule has 0 saturated heterocycles. The molecular weight excluding hydrogens is 330 g/mol. The van der Waals surface area contributed by atoms with Gasteiger partial charge in [0.15, 0.2) is 6.61 Å². The molecule has 3 aromatic rings. The summed E-state index contributed by atoms with van der Waals surface area (Å²) < 4.78 is 10.9. The first-order chi connectivity index (χ1) is 12.7. The molecule has 1 N–H and O–H groups in total. The lowest BCUT2D eigenvalue weighted by Crippen LogP contribution is -2.20. The Morgan fingerprint density at radius 3 is 2.85 bits per heavy atom. The number of carbonyl (C=O) groups is 1. The Kier molecular flexibility index (Phi) is 5.63. The molecule has 0 bridgehead atoms. The second-order valence-electron chi connectivity index (χ2n) is 5.96. The average molecular weight is 351 g/mol. The van der Waals surface area contributed by atoms with Crippen LogP contribution in [0.1, 0.15) is 24.8 Å². The normalized spacial score (nSPS) is 10.5. The quantitative estimate of drug-likeness (QED) is 0.696. The molecule has 0 aliphatic heterocycles. The van der Waals surface area contributed by atoms with Crippen LogP contribution < -0.4 is 10.1 Å². The van der Waals surface area contributed by atoms with E-state index in [9.17, 15) is 4.79 Å². The third-order valence-corrected chi connectivity index (χ3v) is 3.72. The van der Waals surface area contributed by atoms with Crippen molar-refractivity contribution in [2.75, 3.05) is 11.9 Å². The Bertz CT molecular complexity index is 889. The highest BCUT2D eigenvalue weighted by Crippen LogP contribution is 2.27. The molecule has 134 valence electrons. The number of amides is 1. The zero-order valence-electron chi connectivity index (χ0n) is 14.9. The van der Waals surface area contributed by atoms with Crippen LogP contribution in [-0.4, -0.2) is 22.7 Å². The first-order valence-electron chi connectivity index (χ1n) is 8.57. The van der Waals surface area contributed by atoms with E-state index >= 15 is 0 Å². The van der Waals surface area contributed by atoms with Gasteiger partial charge in [0.1, 0.15) is 5.75 Å². The lowest BCUT2D eigenvalue weighted by atomic mass is 10.2. The van der Waals surface area contributed by atoms with Crippen molar-refractivity contribution in [2.45, 2.75) is 26.7 Å². The fourth-order valence-corrected chi connectivity index (χ4v) is 2.52. The SMILES string of the molecule is CCCc1nc(-c2ccccc2OCC(=O)Nc2cccc(C)c2)no1. The molecule has 26 heavy (non-hydrogen) atoms. The van der Waals surface area contributed by atoms with Gasteiger partial charge >= 0.3 is 0 Å². The number of aryl methyl sites for hydroxylation is 2. The highest BCUT2D eigenvalue weighted by atomic mass is 16.5. The number of benzene rings is 2. The molecule has 0 atom stereocenters. The van der Waals surface area contributed by atoms with Crippen molar-refractivity contribution in [3.63, 3.8) is 0 Å². The highest BCUT2D eigenvalue weighted by molar-refractivity contribution is 5.92. The monoisotopic (exact) mass is 351 g/mol.